The molecule has 7 nitrogen and oxygen atoms in total. The van der Waals surface area contributed by atoms with Gasteiger partial charge in [-0.2, -0.15) is 0 Å². The smallest absolute Gasteiger partial charge is 0.325 e. The quantitative estimate of drug-likeness (QED) is 0.789. The summed E-state index contributed by atoms with van der Waals surface area (Å²) in [5.74, 6) is -0.914. The highest BCUT2D eigenvalue weighted by molar-refractivity contribution is 6.10. The molecular formula is C19H18FN3O4. The van der Waals surface area contributed by atoms with Crippen molar-refractivity contribution in [3.8, 4) is 5.75 Å². The van der Waals surface area contributed by atoms with Gasteiger partial charge in [0, 0.05) is 5.69 Å². The Balaban J connectivity index is 1.73. The summed E-state index contributed by atoms with van der Waals surface area (Å²) in [7, 11) is 1.53. The largest absolute Gasteiger partial charge is 0.497 e. The zero-order valence-electron chi connectivity index (χ0n) is 14.8. The predicted octanol–water partition coefficient (Wildman–Crippen LogP) is 2.24. The highest BCUT2D eigenvalue weighted by atomic mass is 19.1. The maximum atomic E-state index is 12.9. The number of imide groups is 1. The highest BCUT2D eigenvalue weighted by Crippen LogP contribution is 2.30. The second-order valence-electron chi connectivity index (χ2n) is 6.23. The summed E-state index contributed by atoms with van der Waals surface area (Å²) >= 11 is 0. The molecule has 1 aliphatic rings. The second kappa shape index (κ2) is 7.06. The van der Waals surface area contributed by atoms with Gasteiger partial charge in [0.05, 0.1) is 7.11 Å². The molecule has 0 saturated carbocycles. The van der Waals surface area contributed by atoms with Crippen molar-refractivity contribution in [1.29, 1.82) is 0 Å². The van der Waals surface area contributed by atoms with E-state index >= 15 is 0 Å². The van der Waals surface area contributed by atoms with Crippen LogP contribution in [0.15, 0.2) is 48.5 Å². The Morgan fingerprint density at radius 1 is 1.15 bits per heavy atom. The number of nitrogens with one attached hydrogen (secondary N) is 2. The molecule has 2 aromatic carbocycles. The monoisotopic (exact) mass is 371 g/mol. The number of carbonyl (C=O) groups excluding carboxylic acids is 3. The van der Waals surface area contributed by atoms with Gasteiger partial charge in [0.2, 0.25) is 5.91 Å². The molecule has 8 heteroatoms. The Hall–Kier alpha value is -3.42. The zero-order valence-corrected chi connectivity index (χ0v) is 14.8. The number of nitrogens with zero attached hydrogens (tertiary/aromatic N) is 1. The van der Waals surface area contributed by atoms with Crippen LogP contribution in [-0.2, 0) is 15.1 Å². The van der Waals surface area contributed by atoms with E-state index in [-0.39, 0.29) is 0 Å². The minimum absolute atomic E-state index is 0.367. The lowest BCUT2D eigenvalue weighted by Crippen LogP contribution is -2.42. The fraction of sp³-hybridized carbons (Fsp3) is 0.211. The van der Waals surface area contributed by atoms with Gasteiger partial charge >= 0.3 is 6.03 Å². The number of carbonyl (C=O) groups is 3. The van der Waals surface area contributed by atoms with E-state index in [1.165, 1.54) is 31.4 Å². The van der Waals surface area contributed by atoms with E-state index in [2.05, 4.69) is 10.6 Å². The van der Waals surface area contributed by atoms with E-state index in [0.29, 0.717) is 17.0 Å². The minimum atomic E-state index is -1.28. The van der Waals surface area contributed by atoms with Crippen LogP contribution < -0.4 is 15.4 Å². The number of halogens is 1. The molecule has 140 valence electrons. The maximum Gasteiger partial charge on any atom is 0.325 e. The topological polar surface area (TPSA) is 87.7 Å². The number of amides is 4. The van der Waals surface area contributed by atoms with E-state index in [0.717, 1.165) is 4.90 Å². The number of ether oxygens (including phenoxy) is 1. The molecule has 1 saturated heterocycles. The summed E-state index contributed by atoms with van der Waals surface area (Å²) in [5.41, 5.74) is -0.339. The van der Waals surface area contributed by atoms with Crippen molar-refractivity contribution in [3.63, 3.8) is 0 Å². The molecule has 2 aromatic rings. The molecule has 0 radical (unpaired) electrons. The predicted molar refractivity (Wildman–Crippen MR) is 95.6 cm³/mol. The fourth-order valence-electron chi connectivity index (χ4n) is 2.84. The Bertz CT molecular complexity index is 883. The molecule has 1 atom stereocenters. The molecule has 1 heterocycles. The van der Waals surface area contributed by atoms with Crippen LogP contribution in [0.3, 0.4) is 0 Å². The van der Waals surface area contributed by atoms with Crippen LogP contribution in [0.25, 0.3) is 0 Å². The van der Waals surface area contributed by atoms with E-state index in [9.17, 15) is 18.8 Å². The Labute approximate surface area is 155 Å². The van der Waals surface area contributed by atoms with Gasteiger partial charge in [-0.1, -0.05) is 12.1 Å². The lowest BCUT2D eigenvalue weighted by molar-refractivity contribution is -0.133. The maximum absolute atomic E-state index is 12.9. The average molecular weight is 371 g/mol. The molecule has 4 amide bonds. The molecule has 0 aromatic heterocycles. The second-order valence-corrected chi connectivity index (χ2v) is 6.23. The van der Waals surface area contributed by atoms with Gasteiger partial charge in [-0.3, -0.25) is 14.5 Å². The van der Waals surface area contributed by atoms with E-state index in [1.54, 1.807) is 31.2 Å². The number of hydrogen-bond acceptors (Lipinski definition) is 4. The standard InChI is InChI=1S/C19H18FN3O4/c1-19(12-3-9-15(27-2)10-4-12)17(25)23(18(26)22-19)11-16(24)21-14-7-5-13(20)6-8-14/h3-10H,11H2,1-2H3,(H,21,24)(H,22,26)/t19-/m1/s1. The van der Waals surface area contributed by atoms with Crippen LogP contribution in [0.2, 0.25) is 0 Å². The molecule has 3 rings (SSSR count). The number of hydrogen-bond donors (Lipinski definition) is 2. The van der Waals surface area contributed by atoms with Crippen LogP contribution in [0.4, 0.5) is 14.9 Å². The SMILES string of the molecule is COc1ccc([C@@]2(C)NC(=O)N(CC(=O)Nc3ccc(F)cc3)C2=O)cc1. The third-order valence-electron chi connectivity index (χ3n) is 4.37. The molecule has 1 fully saturated rings. The summed E-state index contributed by atoms with van der Waals surface area (Å²) in [6.07, 6.45) is 0. The van der Waals surface area contributed by atoms with E-state index < -0.39 is 35.7 Å². The summed E-state index contributed by atoms with van der Waals surface area (Å²) < 4.78 is 18.0. The van der Waals surface area contributed by atoms with Gasteiger partial charge in [-0.05, 0) is 48.9 Å². The number of rotatable bonds is 5. The zero-order chi connectivity index (χ0) is 19.6. The molecule has 0 spiro atoms. The molecular weight excluding hydrogens is 353 g/mol. The van der Waals surface area contributed by atoms with Crippen LogP contribution in [0.5, 0.6) is 5.75 Å². The molecule has 0 aliphatic carbocycles. The van der Waals surface area contributed by atoms with Gasteiger partial charge in [-0.15, -0.1) is 0 Å². The van der Waals surface area contributed by atoms with Crippen LogP contribution in [0.1, 0.15) is 12.5 Å². The van der Waals surface area contributed by atoms with Crippen molar-refractivity contribution in [3.05, 3.63) is 59.9 Å². The normalized spacial score (nSPS) is 19.0. The Morgan fingerprint density at radius 3 is 2.37 bits per heavy atom. The summed E-state index contributed by atoms with van der Waals surface area (Å²) in [5, 5.41) is 5.15. The number of methoxy groups -OCH3 is 1. The molecule has 27 heavy (non-hydrogen) atoms. The van der Waals surface area contributed by atoms with E-state index in [4.69, 9.17) is 4.74 Å². The van der Waals surface area contributed by atoms with Crippen LogP contribution in [-0.4, -0.2) is 36.4 Å². The van der Waals surface area contributed by atoms with Gasteiger partial charge in [0.25, 0.3) is 5.91 Å². The van der Waals surface area contributed by atoms with Crippen molar-refractivity contribution in [2.24, 2.45) is 0 Å². The number of anilines is 1. The Kier molecular flexibility index (Phi) is 4.81. The molecule has 1 aliphatic heterocycles. The third-order valence-corrected chi connectivity index (χ3v) is 4.37. The number of urea groups is 1. The summed E-state index contributed by atoms with van der Waals surface area (Å²) in [6.45, 7) is 1.13. The minimum Gasteiger partial charge on any atom is -0.497 e. The summed E-state index contributed by atoms with van der Waals surface area (Å²) in [6, 6.07) is 11.2. The Morgan fingerprint density at radius 2 is 1.78 bits per heavy atom. The lowest BCUT2D eigenvalue weighted by Gasteiger charge is -2.22. The van der Waals surface area contributed by atoms with Crippen LogP contribution >= 0.6 is 0 Å². The van der Waals surface area contributed by atoms with Crippen molar-refractivity contribution in [1.82, 2.24) is 10.2 Å². The van der Waals surface area contributed by atoms with Gasteiger partial charge in [-0.25, -0.2) is 9.18 Å². The highest BCUT2D eigenvalue weighted by Gasteiger charge is 2.49. The fourth-order valence-corrected chi connectivity index (χ4v) is 2.84. The van der Waals surface area contributed by atoms with Crippen molar-refractivity contribution < 1.29 is 23.5 Å². The third kappa shape index (κ3) is 3.59. The first-order chi connectivity index (χ1) is 12.8. The molecule has 0 bridgehead atoms. The van der Waals surface area contributed by atoms with Crippen LogP contribution in [0, 0.1) is 5.82 Å². The first-order valence-corrected chi connectivity index (χ1v) is 8.17. The van der Waals surface area contributed by atoms with Gasteiger partial charge in [0.15, 0.2) is 0 Å². The van der Waals surface area contributed by atoms with Gasteiger partial charge < -0.3 is 15.4 Å². The first-order valence-electron chi connectivity index (χ1n) is 8.17. The summed E-state index contributed by atoms with van der Waals surface area (Å²) in [4.78, 5) is 38.1. The number of benzene rings is 2. The van der Waals surface area contributed by atoms with Crippen molar-refractivity contribution >= 4 is 23.5 Å². The van der Waals surface area contributed by atoms with E-state index in [1.807, 2.05) is 0 Å². The molecule has 2 N–H and O–H groups in total. The van der Waals surface area contributed by atoms with Crippen molar-refractivity contribution in [2.75, 3.05) is 19.0 Å². The first kappa shape index (κ1) is 18.4. The van der Waals surface area contributed by atoms with Gasteiger partial charge in [0.1, 0.15) is 23.7 Å². The lowest BCUT2D eigenvalue weighted by atomic mass is 9.92. The average Bonchev–Trinajstić information content (AvgIpc) is 2.88. The van der Waals surface area contributed by atoms with Crippen molar-refractivity contribution in [2.45, 2.75) is 12.5 Å². The molecule has 0 unspecified atom stereocenters.